The van der Waals surface area contributed by atoms with Crippen molar-refractivity contribution in [2.24, 2.45) is 0 Å². The van der Waals surface area contributed by atoms with Gasteiger partial charge in [-0.05, 0) is 32.2 Å². The first-order valence-corrected chi connectivity index (χ1v) is 13.5. The minimum atomic E-state index is -1.94. The second-order valence-electron chi connectivity index (χ2n) is 4.32. The Balaban J connectivity index is 3.83. The quantitative estimate of drug-likeness (QED) is 0.556. The summed E-state index contributed by atoms with van der Waals surface area (Å²) in [5, 5.41) is 0. The van der Waals surface area contributed by atoms with E-state index in [2.05, 4.69) is 19.6 Å². The number of hydrogen-bond acceptors (Lipinski definition) is 1. The molecule has 1 unspecified atom stereocenters. The van der Waals surface area contributed by atoms with Crippen LogP contribution in [0.3, 0.4) is 0 Å². The molecule has 74 valence electrons. The summed E-state index contributed by atoms with van der Waals surface area (Å²) < 4.78 is 5.88. The van der Waals surface area contributed by atoms with Gasteiger partial charge in [-0.1, -0.05) is 0 Å². The molecule has 0 aliphatic carbocycles. The lowest BCUT2D eigenvalue weighted by atomic mass is 10.8. The third kappa shape index (κ3) is 9.28. The summed E-state index contributed by atoms with van der Waals surface area (Å²) in [6, 6.07) is 0.882. The predicted octanol–water partition coefficient (Wildman–Crippen LogP) is 2.08. The van der Waals surface area contributed by atoms with E-state index in [9.17, 15) is 0 Å². The van der Waals surface area contributed by atoms with Crippen LogP contribution >= 0.6 is 22.2 Å². The third-order valence-electron chi connectivity index (χ3n) is 1.20. The van der Waals surface area contributed by atoms with Crippen LogP contribution < -0.4 is 0 Å². The molecule has 6 heteroatoms. The Labute approximate surface area is 89.8 Å². The normalized spacial score (nSPS) is 16.5. The maximum atomic E-state index is 6.02. The van der Waals surface area contributed by atoms with Crippen molar-refractivity contribution >= 4 is 47.4 Å². The van der Waals surface area contributed by atoms with Gasteiger partial charge in [-0.15, -0.1) is 22.2 Å². The van der Waals surface area contributed by atoms with Crippen molar-refractivity contribution in [2.75, 3.05) is 0 Å². The van der Waals surface area contributed by atoms with Gasteiger partial charge < -0.3 is 4.43 Å². The standard InChI is InChI=1S/C6H18Cl2OSi3/c1-11(2,3)9-6(10)5-12(4,7)8/h6H,5H2,1-4,10H3. The molecule has 0 fully saturated rings. The van der Waals surface area contributed by atoms with Crippen LogP contribution in [0.1, 0.15) is 0 Å². The topological polar surface area (TPSA) is 9.23 Å². The van der Waals surface area contributed by atoms with Crippen molar-refractivity contribution in [2.45, 2.75) is 38.0 Å². The van der Waals surface area contributed by atoms with Gasteiger partial charge >= 0.3 is 0 Å². The molecule has 0 aromatic rings. The Bertz CT molecular complexity index is 125. The first kappa shape index (κ1) is 13.2. The fourth-order valence-corrected chi connectivity index (χ4v) is 11.1. The second-order valence-corrected chi connectivity index (χ2v) is 18.2. The van der Waals surface area contributed by atoms with E-state index in [-0.39, 0.29) is 0 Å². The highest BCUT2D eigenvalue weighted by Gasteiger charge is 2.27. The minimum absolute atomic E-state index is 0.350. The predicted molar refractivity (Wildman–Crippen MR) is 66.3 cm³/mol. The van der Waals surface area contributed by atoms with Crippen molar-refractivity contribution in [3.63, 3.8) is 0 Å². The highest BCUT2D eigenvalue weighted by molar-refractivity contribution is 7.45. The first-order chi connectivity index (χ1) is 5.10. The average Bonchev–Trinajstić information content (AvgIpc) is 1.49. The monoisotopic (exact) mass is 260 g/mol. The largest absolute Gasteiger partial charge is 0.419 e. The van der Waals surface area contributed by atoms with Gasteiger partial charge in [0, 0.05) is 16.0 Å². The number of rotatable bonds is 4. The maximum Gasteiger partial charge on any atom is 0.250 e. The van der Waals surface area contributed by atoms with Crippen LogP contribution in [0.5, 0.6) is 0 Å². The van der Waals surface area contributed by atoms with Crippen LogP contribution in [-0.4, -0.2) is 31.0 Å². The van der Waals surface area contributed by atoms with Crippen molar-refractivity contribution in [1.29, 1.82) is 0 Å². The number of hydrogen-bond donors (Lipinski definition) is 0. The van der Waals surface area contributed by atoms with Gasteiger partial charge in [0.1, 0.15) is 0 Å². The zero-order valence-electron chi connectivity index (χ0n) is 8.45. The molecule has 12 heavy (non-hydrogen) atoms. The maximum absolute atomic E-state index is 6.02. The first-order valence-electron chi connectivity index (χ1n) is 4.16. The molecule has 0 heterocycles. The van der Waals surface area contributed by atoms with E-state index in [1.54, 1.807) is 0 Å². The van der Waals surface area contributed by atoms with Gasteiger partial charge in [-0.3, -0.25) is 0 Å². The molecule has 1 atom stereocenters. The van der Waals surface area contributed by atoms with Crippen LogP contribution in [0.2, 0.25) is 32.2 Å². The molecule has 0 aliphatic rings. The zero-order chi connectivity index (χ0) is 9.99. The van der Waals surface area contributed by atoms with Crippen LogP contribution in [0.25, 0.3) is 0 Å². The summed E-state index contributed by atoms with van der Waals surface area (Å²) in [6.07, 6.45) is 0. The van der Waals surface area contributed by atoms with E-state index in [0.717, 1.165) is 16.3 Å². The lowest BCUT2D eigenvalue weighted by Gasteiger charge is -2.25. The van der Waals surface area contributed by atoms with E-state index < -0.39 is 15.0 Å². The average molecular weight is 261 g/mol. The number of halogens is 2. The Morgan fingerprint density at radius 2 is 1.67 bits per heavy atom. The summed E-state index contributed by atoms with van der Waals surface area (Å²) in [5.41, 5.74) is 0.350. The summed E-state index contributed by atoms with van der Waals surface area (Å²) in [5.74, 6) is 0. The highest BCUT2D eigenvalue weighted by Crippen LogP contribution is 2.23. The zero-order valence-corrected chi connectivity index (χ0v) is 14.0. The van der Waals surface area contributed by atoms with E-state index in [0.29, 0.717) is 5.73 Å². The van der Waals surface area contributed by atoms with Crippen molar-refractivity contribution < 1.29 is 4.43 Å². The lowest BCUT2D eigenvalue weighted by Crippen LogP contribution is -2.35. The highest BCUT2D eigenvalue weighted by atomic mass is 35.7. The molecule has 0 amide bonds. The van der Waals surface area contributed by atoms with Crippen LogP contribution in [0.15, 0.2) is 0 Å². The van der Waals surface area contributed by atoms with Crippen LogP contribution in [-0.2, 0) is 4.43 Å². The molecule has 0 saturated carbocycles. The molecule has 0 saturated heterocycles. The van der Waals surface area contributed by atoms with E-state index >= 15 is 0 Å². The van der Waals surface area contributed by atoms with Crippen molar-refractivity contribution in [3.05, 3.63) is 0 Å². The molecule has 0 N–H and O–H groups in total. The molecule has 0 rings (SSSR count). The Morgan fingerprint density at radius 3 is 1.92 bits per heavy atom. The van der Waals surface area contributed by atoms with Gasteiger partial charge in [0.25, 0.3) is 6.69 Å². The summed E-state index contributed by atoms with van der Waals surface area (Å²) in [7, 11) is -0.351. The van der Waals surface area contributed by atoms with E-state index in [1.165, 1.54) is 0 Å². The van der Waals surface area contributed by atoms with Crippen LogP contribution in [0, 0.1) is 0 Å². The van der Waals surface area contributed by atoms with Gasteiger partial charge in [0.2, 0.25) is 0 Å². The molecule has 0 bridgehead atoms. The van der Waals surface area contributed by atoms with E-state index in [4.69, 9.17) is 26.6 Å². The molecular formula is C6H18Cl2OSi3. The molecule has 0 aromatic heterocycles. The smallest absolute Gasteiger partial charge is 0.250 e. The molecular weight excluding hydrogens is 243 g/mol. The molecule has 0 radical (unpaired) electrons. The molecule has 0 aromatic carbocycles. The fraction of sp³-hybridized carbons (Fsp3) is 1.00. The van der Waals surface area contributed by atoms with Gasteiger partial charge in [-0.25, -0.2) is 0 Å². The lowest BCUT2D eigenvalue weighted by molar-refractivity contribution is 0.293. The molecule has 1 nitrogen and oxygen atoms in total. The summed E-state index contributed by atoms with van der Waals surface area (Å²) in [4.78, 5) is 0. The van der Waals surface area contributed by atoms with Gasteiger partial charge in [-0.2, -0.15) is 0 Å². The third-order valence-corrected chi connectivity index (χ3v) is 6.46. The summed E-state index contributed by atoms with van der Waals surface area (Å²) >= 11 is 12.0. The Morgan fingerprint density at radius 1 is 1.25 bits per heavy atom. The SMILES string of the molecule is C[Si](Cl)(Cl)CC([SiH3])O[Si](C)(C)C. The molecule has 0 aliphatic heterocycles. The molecule has 0 spiro atoms. The summed E-state index contributed by atoms with van der Waals surface area (Å²) in [6.45, 7) is 6.59. The second kappa shape index (κ2) is 4.61. The van der Waals surface area contributed by atoms with Crippen molar-refractivity contribution in [3.8, 4) is 0 Å². The Kier molecular flexibility index (Phi) is 5.07. The van der Waals surface area contributed by atoms with Gasteiger partial charge in [0.15, 0.2) is 8.32 Å². The van der Waals surface area contributed by atoms with Gasteiger partial charge in [0.05, 0.1) is 0 Å². The van der Waals surface area contributed by atoms with Crippen LogP contribution in [0.4, 0.5) is 0 Å². The van der Waals surface area contributed by atoms with Crippen molar-refractivity contribution in [1.82, 2.24) is 0 Å². The fourth-order valence-electron chi connectivity index (χ4n) is 1.15. The Hall–Kier alpha value is 1.19. The van der Waals surface area contributed by atoms with E-state index in [1.807, 2.05) is 6.55 Å². The minimum Gasteiger partial charge on any atom is -0.419 e.